The molecule has 0 radical (unpaired) electrons. The number of benzene rings is 2. The number of thioether (sulfide) groups is 1. The van der Waals surface area contributed by atoms with Crippen molar-refractivity contribution in [1.29, 1.82) is 0 Å². The Kier molecular flexibility index (Phi) is 6.09. The fraction of sp³-hybridized carbons (Fsp3) is 0.100. The first-order chi connectivity index (χ1) is 14.2. The molecule has 8 nitrogen and oxygen atoms in total. The van der Waals surface area contributed by atoms with Crippen LogP contribution in [0.3, 0.4) is 0 Å². The van der Waals surface area contributed by atoms with Gasteiger partial charge in [0, 0.05) is 6.07 Å². The number of phenols is 1. The lowest BCUT2D eigenvalue weighted by atomic mass is 10.1. The molecule has 1 atom stereocenters. The number of carbonyl (C=O) groups is 3. The largest absolute Gasteiger partial charge is 0.507 e. The van der Waals surface area contributed by atoms with Gasteiger partial charge in [0.25, 0.3) is 5.91 Å². The quantitative estimate of drug-likeness (QED) is 0.453. The molecule has 30 heavy (non-hydrogen) atoms. The molecular formula is C20H15NO7S2. The number of carbonyl (C=O) groups excluding carboxylic acids is 1. The third-order valence-electron chi connectivity index (χ3n) is 4.10. The molecule has 10 heteroatoms. The van der Waals surface area contributed by atoms with E-state index in [0.29, 0.717) is 16.2 Å². The van der Waals surface area contributed by atoms with E-state index in [4.69, 9.17) is 27.2 Å². The molecule has 154 valence electrons. The highest BCUT2D eigenvalue weighted by molar-refractivity contribution is 8.27. The Balaban J connectivity index is 1.80. The zero-order valence-corrected chi connectivity index (χ0v) is 17.1. The topological polar surface area (TPSA) is 124 Å². The third kappa shape index (κ3) is 4.44. The van der Waals surface area contributed by atoms with Crippen LogP contribution in [0.4, 0.5) is 5.69 Å². The van der Waals surface area contributed by atoms with Gasteiger partial charge in [-0.1, -0.05) is 36.1 Å². The van der Waals surface area contributed by atoms with Gasteiger partial charge in [0.15, 0.2) is 10.4 Å². The molecule has 0 aliphatic carbocycles. The SMILES string of the molecule is CC(Oc1ccc(/C=C2\SC(=S)N(c3ccc(C(=O)O)c(O)c3)C2=O)cc1)C(=O)O. The Hall–Kier alpha value is -3.37. The summed E-state index contributed by atoms with van der Waals surface area (Å²) in [4.78, 5) is 36.2. The van der Waals surface area contributed by atoms with Gasteiger partial charge >= 0.3 is 11.9 Å². The molecule has 1 saturated heterocycles. The van der Waals surface area contributed by atoms with Gasteiger partial charge in [-0.25, -0.2) is 9.59 Å². The molecule has 0 spiro atoms. The van der Waals surface area contributed by atoms with Crippen molar-refractivity contribution in [2.75, 3.05) is 4.90 Å². The summed E-state index contributed by atoms with van der Waals surface area (Å²) in [7, 11) is 0. The zero-order chi connectivity index (χ0) is 22.0. The van der Waals surface area contributed by atoms with E-state index < -0.39 is 29.7 Å². The molecule has 0 saturated carbocycles. The molecule has 1 aliphatic rings. The molecule has 1 aliphatic heterocycles. The lowest BCUT2D eigenvalue weighted by molar-refractivity contribution is -0.144. The average molecular weight is 445 g/mol. The van der Waals surface area contributed by atoms with Crippen LogP contribution in [0.1, 0.15) is 22.8 Å². The number of aliphatic carboxylic acids is 1. The van der Waals surface area contributed by atoms with E-state index in [1.54, 1.807) is 30.3 Å². The molecule has 1 fully saturated rings. The van der Waals surface area contributed by atoms with Gasteiger partial charge in [0.2, 0.25) is 0 Å². The highest BCUT2D eigenvalue weighted by Gasteiger charge is 2.33. The van der Waals surface area contributed by atoms with Crippen molar-refractivity contribution in [2.45, 2.75) is 13.0 Å². The van der Waals surface area contributed by atoms with Crippen LogP contribution in [-0.2, 0) is 9.59 Å². The Bertz CT molecular complexity index is 1080. The highest BCUT2D eigenvalue weighted by Crippen LogP contribution is 2.37. The number of hydrogen-bond acceptors (Lipinski definition) is 7. The van der Waals surface area contributed by atoms with Gasteiger partial charge in [-0.05, 0) is 42.8 Å². The van der Waals surface area contributed by atoms with Crippen LogP contribution in [0.25, 0.3) is 6.08 Å². The first-order valence-electron chi connectivity index (χ1n) is 8.51. The second kappa shape index (κ2) is 8.56. The second-order valence-corrected chi connectivity index (χ2v) is 7.87. The second-order valence-electron chi connectivity index (χ2n) is 6.19. The number of carboxylic acid groups (broad SMARTS) is 2. The first-order valence-corrected chi connectivity index (χ1v) is 9.73. The lowest BCUT2D eigenvalue weighted by Gasteiger charge is -2.15. The minimum Gasteiger partial charge on any atom is -0.507 e. The summed E-state index contributed by atoms with van der Waals surface area (Å²) in [5.74, 6) is -2.86. The normalized spacial score (nSPS) is 16.0. The molecule has 1 amide bonds. The van der Waals surface area contributed by atoms with Crippen LogP contribution >= 0.6 is 24.0 Å². The van der Waals surface area contributed by atoms with E-state index in [-0.39, 0.29) is 15.6 Å². The summed E-state index contributed by atoms with van der Waals surface area (Å²) in [6.07, 6.45) is 0.630. The maximum Gasteiger partial charge on any atom is 0.344 e. The standard InChI is InChI=1S/C20H15NO7S2/c1-10(18(24)25)28-13-5-2-11(3-6-13)8-16-17(23)21(20(29)30-16)12-4-7-14(19(26)27)15(22)9-12/h2-10,22H,1H3,(H,24,25)(H,26,27)/b16-8-. The van der Waals surface area contributed by atoms with Crippen molar-refractivity contribution in [3.05, 3.63) is 58.5 Å². The number of anilines is 1. The van der Waals surface area contributed by atoms with E-state index >= 15 is 0 Å². The van der Waals surface area contributed by atoms with Crippen LogP contribution in [0.2, 0.25) is 0 Å². The van der Waals surface area contributed by atoms with Gasteiger partial charge in [0.05, 0.1) is 10.6 Å². The number of aromatic carboxylic acids is 1. The Morgan fingerprint density at radius 1 is 1.17 bits per heavy atom. The van der Waals surface area contributed by atoms with E-state index in [2.05, 4.69) is 0 Å². The molecule has 1 heterocycles. The first kappa shape index (κ1) is 21.3. The summed E-state index contributed by atoms with van der Waals surface area (Å²) < 4.78 is 5.50. The number of amides is 1. The van der Waals surface area contributed by atoms with Crippen molar-refractivity contribution in [1.82, 2.24) is 0 Å². The average Bonchev–Trinajstić information content (AvgIpc) is 2.96. The van der Waals surface area contributed by atoms with E-state index in [9.17, 15) is 19.5 Å². The Morgan fingerprint density at radius 2 is 1.83 bits per heavy atom. The molecule has 0 aromatic heterocycles. The molecular weight excluding hydrogens is 430 g/mol. The fourth-order valence-corrected chi connectivity index (χ4v) is 3.88. The molecule has 3 rings (SSSR count). The number of thiocarbonyl (C=S) groups is 1. The smallest absolute Gasteiger partial charge is 0.344 e. The molecule has 2 aromatic rings. The maximum absolute atomic E-state index is 12.8. The molecule has 2 aromatic carbocycles. The van der Waals surface area contributed by atoms with Crippen molar-refractivity contribution in [3.8, 4) is 11.5 Å². The van der Waals surface area contributed by atoms with Crippen molar-refractivity contribution >= 4 is 57.9 Å². The van der Waals surface area contributed by atoms with Crippen LogP contribution in [-0.4, -0.2) is 43.6 Å². The predicted octanol–water partition coefficient (Wildman–Crippen LogP) is 3.35. The number of aromatic hydroxyl groups is 1. The molecule has 0 bridgehead atoms. The number of nitrogens with zero attached hydrogens (tertiary/aromatic N) is 1. The minimum absolute atomic E-state index is 0.240. The van der Waals surface area contributed by atoms with E-state index in [1.165, 1.54) is 30.0 Å². The summed E-state index contributed by atoms with van der Waals surface area (Å²) in [5.41, 5.74) is 0.656. The van der Waals surface area contributed by atoms with Crippen LogP contribution in [0, 0.1) is 0 Å². The monoisotopic (exact) mass is 445 g/mol. The van der Waals surface area contributed by atoms with Gasteiger partial charge in [-0.2, -0.15) is 0 Å². The van der Waals surface area contributed by atoms with Gasteiger partial charge in [-0.3, -0.25) is 9.69 Å². The summed E-state index contributed by atoms with van der Waals surface area (Å²) in [5, 5.41) is 27.8. The van der Waals surface area contributed by atoms with Crippen molar-refractivity contribution in [2.24, 2.45) is 0 Å². The van der Waals surface area contributed by atoms with Gasteiger partial charge in [-0.15, -0.1) is 0 Å². The molecule has 3 N–H and O–H groups in total. The highest BCUT2D eigenvalue weighted by atomic mass is 32.2. The Labute approximate surface area is 180 Å². The maximum atomic E-state index is 12.8. The Morgan fingerprint density at radius 3 is 2.40 bits per heavy atom. The third-order valence-corrected chi connectivity index (χ3v) is 5.40. The minimum atomic E-state index is -1.28. The van der Waals surface area contributed by atoms with E-state index in [1.807, 2.05) is 0 Å². The number of hydrogen-bond donors (Lipinski definition) is 3. The van der Waals surface area contributed by atoms with Crippen molar-refractivity contribution < 1.29 is 34.4 Å². The number of carboxylic acids is 2. The van der Waals surface area contributed by atoms with Crippen LogP contribution in [0.15, 0.2) is 47.4 Å². The van der Waals surface area contributed by atoms with E-state index in [0.717, 1.165) is 11.8 Å². The summed E-state index contributed by atoms with van der Waals surface area (Å²) in [6.45, 7) is 1.42. The molecule has 1 unspecified atom stereocenters. The zero-order valence-electron chi connectivity index (χ0n) is 15.4. The van der Waals surface area contributed by atoms with Gasteiger partial charge < -0.3 is 20.1 Å². The number of ether oxygens (including phenoxy) is 1. The lowest BCUT2D eigenvalue weighted by Crippen LogP contribution is -2.27. The fourth-order valence-electron chi connectivity index (χ4n) is 2.58. The van der Waals surface area contributed by atoms with Crippen molar-refractivity contribution in [3.63, 3.8) is 0 Å². The van der Waals surface area contributed by atoms with Crippen LogP contribution in [0.5, 0.6) is 11.5 Å². The predicted molar refractivity (Wildman–Crippen MR) is 115 cm³/mol. The number of rotatable bonds is 6. The summed E-state index contributed by atoms with van der Waals surface area (Å²) in [6, 6.07) is 10.3. The summed E-state index contributed by atoms with van der Waals surface area (Å²) >= 11 is 6.34. The van der Waals surface area contributed by atoms with Gasteiger partial charge in [0.1, 0.15) is 17.1 Å². The van der Waals surface area contributed by atoms with Crippen LogP contribution < -0.4 is 9.64 Å².